The Balaban J connectivity index is 2.28. The van der Waals surface area contributed by atoms with Gasteiger partial charge >= 0.3 is 6.03 Å². The maximum Gasteiger partial charge on any atom is 0.321 e. The quantitative estimate of drug-likeness (QED) is 0.856. The Hall–Kier alpha value is -1.97. The minimum absolute atomic E-state index is 0.0644. The fourth-order valence-corrected chi connectivity index (χ4v) is 2.60. The molecule has 0 saturated heterocycles. The number of carbonyl (C=O) groups is 1. The molecule has 0 atom stereocenters. The van der Waals surface area contributed by atoms with Crippen molar-refractivity contribution < 1.29 is 4.79 Å². The van der Waals surface area contributed by atoms with Crippen molar-refractivity contribution >= 4 is 17.4 Å². The van der Waals surface area contributed by atoms with Gasteiger partial charge in [0.2, 0.25) is 0 Å². The van der Waals surface area contributed by atoms with Crippen LogP contribution in [0.4, 0.5) is 16.2 Å². The molecule has 0 bridgehead atoms. The first-order chi connectivity index (χ1) is 9.71. The molecule has 0 unspecified atom stereocenters. The zero-order chi connectivity index (χ0) is 14.5. The number of nitrogens with one attached hydrogen (secondary N) is 1. The van der Waals surface area contributed by atoms with E-state index < -0.39 is 0 Å². The lowest BCUT2D eigenvalue weighted by Gasteiger charge is -2.23. The van der Waals surface area contributed by atoms with E-state index in [1.165, 1.54) is 11.3 Å². The van der Waals surface area contributed by atoms with Crippen LogP contribution in [0.1, 0.15) is 19.4 Å². The van der Waals surface area contributed by atoms with E-state index in [0.717, 1.165) is 25.2 Å². The van der Waals surface area contributed by atoms with E-state index >= 15 is 0 Å². The first-order valence-corrected chi connectivity index (χ1v) is 7.19. The van der Waals surface area contributed by atoms with E-state index in [0.29, 0.717) is 6.54 Å². The molecule has 0 fully saturated rings. The highest BCUT2D eigenvalue weighted by atomic mass is 16.2. The first kappa shape index (κ1) is 14.4. The molecule has 0 radical (unpaired) electrons. The Bertz CT molecular complexity index is 510. The topological polar surface area (TPSA) is 35.6 Å². The summed E-state index contributed by atoms with van der Waals surface area (Å²) in [6, 6.07) is 6.25. The van der Waals surface area contributed by atoms with Gasteiger partial charge < -0.3 is 10.2 Å². The summed E-state index contributed by atoms with van der Waals surface area (Å²) < 4.78 is 0. The highest BCUT2D eigenvalue weighted by molar-refractivity contribution is 5.92. The third kappa shape index (κ3) is 2.79. The SMILES string of the molecule is C/C=C/CN1CCc2ccc(N(CC)C(=O)NC)cc21. The molecule has 1 aromatic rings. The summed E-state index contributed by atoms with van der Waals surface area (Å²) in [7, 11) is 1.66. The Morgan fingerprint density at radius 2 is 2.30 bits per heavy atom. The molecule has 1 aliphatic heterocycles. The minimum Gasteiger partial charge on any atom is -0.367 e. The van der Waals surface area contributed by atoms with Gasteiger partial charge in [-0.05, 0) is 38.0 Å². The summed E-state index contributed by atoms with van der Waals surface area (Å²) in [5, 5.41) is 2.69. The van der Waals surface area contributed by atoms with E-state index in [4.69, 9.17) is 0 Å². The normalized spacial score (nSPS) is 13.7. The molecule has 0 saturated carbocycles. The van der Waals surface area contributed by atoms with Crippen LogP contribution in [0.15, 0.2) is 30.4 Å². The molecule has 1 aromatic carbocycles. The number of carbonyl (C=O) groups excluding carboxylic acids is 1. The number of nitrogens with zero attached hydrogens (tertiary/aromatic N) is 2. The molecule has 1 N–H and O–H groups in total. The number of urea groups is 1. The van der Waals surface area contributed by atoms with Crippen molar-refractivity contribution in [2.24, 2.45) is 0 Å². The van der Waals surface area contributed by atoms with Crippen LogP contribution in [-0.2, 0) is 6.42 Å². The fraction of sp³-hybridized carbons (Fsp3) is 0.438. The van der Waals surface area contributed by atoms with Gasteiger partial charge in [-0.3, -0.25) is 4.90 Å². The van der Waals surface area contributed by atoms with Crippen LogP contribution in [0.5, 0.6) is 0 Å². The zero-order valence-electron chi connectivity index (χ0n) is 12.5. The standard InChI is InChI=1S/C16H23N3O/c1-4-6-10-18-11-9-13-7-8-14(12-15(13)18)19(5-2)16(20)17-3/h4,6-8,12H,5,9-11H2,1-3H3,(H,17,20)/b6-4+. The Kier molecular flexibility index (Phi) is 4.66. The maximum atomic E-state index is 11.9. The number of rotatable bonds is 4. The van der Waals surface area contributed by atoms with Crippen LogP contribution < -0.4 is 15.1 Å². The van der Waals surface area contributed by atoms with Gasteiger partial charge in [-0.15, -0.1) is 0 Å². The third-order valence-electron chi connectivity index (χ3n) is 3.71. The lowest BCUT2D eigenvalue weighted by molar-refractivity contribution is 0.248. The number of amides is 2. The number of hydrogen-bond acceptors (Lipinski definition) is 2. The van der Waals surface area contributed by atoms with E-state index in [1.54, 1.807) is 11.9 Å². The van der Waals surface area contributed by atoms with Crippen molar-refractivity contribution in [2.45, 2.75) is 20.3 Å². The molecule has 0 spiro atoms. The highest BCUT2D eigenvalue weighted by Crippen LogP contribution is 2.32. The van der Waals surface area contributed by atoms with E-state index in [2.05, 4.69) is 34.5 Å². The molecule has 4 heteroatoms. The van der Waals surface area contributed by atoms with Crippen molar-refractivity contribution in [1.29, 1.82) is 0 Å². The summed E-state index contributed by atoms with van der Waals surface area (Å²) in [6.45, 7) is 6.67. The first-order valence-electron chi connectivity index (χ1n) is 7.19. The van der Waals surface area contributed by atoms with E-state index in [1.807, 2.05) is 19.9 Å². The molecular weight excluding hydrogens is 250 g/mol. The highest BCUT2D eigenvalue weighted by Gasteiger charge is 2.20. The van der Waals surface area contributed by atoms with Crippen LogP contribution in [-0.4, -0.2) is 32.7 Å². The lowest BCUT2D eigenvalue weighted by Crippen LogP contribution is -2.38. The van der Waals surface area contributed by atoms with Crippen LogP contribution in [0.25, 0.3) is 0 Å². The molecule has 4 nitrogen and oxygen atoms in total. The molecular formula is C16H23N3O. The van der Waals surface area contributed by atoms with Crippen molar-refractivity contribution in [3.8, 4) is 0 Å². The number of hydrogen-bond donors (Lipinski definition) is 1. The second-order valence-electron chi connectivity index (χ2n) is 4.88. The minimum atomic E-state index is -0.0644. The largest absolute Gasteiger partial charge is 0.367 e. The number of benzene rings is 1. The Labute approximate surface area is 121 Å². The van der Waals surface area contributed by atoms with Gasteiger partial charge in [0.25, 0.3) is 0 Å². The second-order valence-corrected chi connectivity index (χ2v) is 4.88. The summed E-state index contributed by atoms with van der Waals surface area (Å²) in [5.41, 5.74) is 3.58. The lowest BCUT2D eigenvalue weighted by atomic mass is 10.1. The van der Waals surface area contributed by atoms with E-state index in [-0.39, 0.29) is 6.03 Å². The number of fused-ring (bicyclic) bond motifs is 1. The molecule has 2 rings (SSSR count). The predicted molar refractivity (Wildman–Crippen MR) is 84.6 cm³/mol. The summed E-state index contributed by atoms with van der Waals surface area (Å²) in [5.74, 6) is 0. The van der Waals surface area contributed by atoms with E-state index in [9.17, 15) is 4.79 Å². The number of allylic oxidation sites excluding steroid dienone is 1. The van der Waals surface area contributed by atoms with Gasteiger partial charge in [-0.1, -0.05) is 18.2 Å². The van der Waals surface area contributed by atoms with Crippen molar-refractivity contribution in [1.82, 2.24) is 5.32 Å². The molecule has 0 aromatic heterocycles. The van der Waals surface area contributed by atoms with Crippen molar-refractivity contribution in [3.63, 3.8) is 0 Å². The number of anilines is 2. The van der Waals surface area contributed by atoms with Gasteiger partial charge in [0.05, 0.1) is 0 Å². The molecule has 1 heterocycles. The average molecular weight is 273 g/mol. The summed E-state index contributed by atoms with van der Waals surface area (Å²) in [4.78, 5) is 16.0. The average Bonchev–Trinajstić information content (AvgIpc) is 2.88. The van der Waals surface area contributed by atoms with Gasteiger partial charge in [0, 0.05) is 38.1 Å². The molecule has 0 aliphatic carbocycles. The second kappa shape index (κ2) is 6.46. The van der Waals surface area contributed by atoms with Crippen LogP contribution >= 0.6 is 0 Å². The smallest absolute Gasteiger partial charge is 0.321 e. The fourth-order valence-electron chi connectivity index (χ4n) is 2.60. The van der Waals surface area contributed by atoms with Crippen molar-refractivity contribution in [2.75, 3.05) is 36.5 Å². The third-order valence-corrected chi connectivity index (χ3v) is 3.71. The maximum absolute atomic E-state index is 11.9. The van der Waals surface area contributed by atoms with Gasteiger partial charge in [-0.2, -0.15) is 0 Å². The molecule has 108 valence electrons. The van der Waals surface area contributed by atoms with Gasteiger partial charge in [0.1, 0.15) is 0 Å². The monoisotopic (exact) mass is 273 g/mol. The summed E-state index contributed by atoms with van der Waals surface area (Å²) in [6.07, 6.45) is 5.32. The van der Waals surface area contributed by atoms with Crippen molar-refractivity contribution in [3.05, 3.63) is 35.9 Å². The van der Waals surface area contributed by atoms with Gasteiger partial charge in [0.15, 0.2) is 0 Å². The van der Waals surface area contributed by atoms with Gasteiger partial charge in [-0.25, -0.2) is 4.79 Å². The Morgan fingerprint density at radius 1 is 1.50 bits per heavy atom. The molecule has 1 aliphatic rings. The van der Waals surface area contributed by atoms with Crippen LogP contribution in [0, 0.1) is 0 Å². The van der Waals surface area contributed by atoms with Crippen LogP contribution in [0.2, 0.25) is 0 Å². The predicted octanol–water partition coefficient (Wildman–Crippen LogP) is 2.79. The Morgan fingerprint density at radius 3 is 2.95 bits per heavy atom. The molecule has 2 amide bonds. The zero-order valence-corrected chi connectivity index (χ0v) is 12.5. The van der Waals surface area contributed by atoms with Crippen LogP contribution in [0.3, 0.4) is 0 Å². The summed E-state index contributed by atoms with van der Waals surface area (Å²) >= 11 is 0. The molecule has 20 heavy (non-hydrogen) atoms.